The molecule has 0 bridgehead atoms. The molecule has 0 spiro atoms. The maximum atomic E-state index is 12.7. The van der Waals surface area contributed by atoms with Crippen molar-refractivity contribution in [3.05, 3.63) is 48.7 Å². The van der Waals surface area contributed by atoms with E-state index in [0.29, 0.717) is 13.2 Å². The third kappa shape index (κ3) is 3.72. The second-order valence-corrected chi connectivity index (χ2v) is 6.66. The molecule has 4 rings (SSSR count). The first-order valence-electron chi connectivity index (χ1n) is 9.33. The third-order valence-corrected chi connectivity index (χ3v) is 4.80. The number of benzene rings is 1. The maximum Gasteiger partial charge on any atom is 0.231 e. The van der Waals surface area contributed by atoms with Crippen molar-refractivity contribution in [1.29, 1.82) is 0 Å². The Morgan fingerprint density at radius 1 is 1.22 bits per heavy atom. The van der Waals surface area contributed by atoms with E-state index in [1.165, 1.54) is 0 Å². The number of carbonyl (C=O) groups excluding carboxylic acids is 1. The van der Waals surface area contributed by atoms with Crippen molar-refractivity contribution >= 4 is 23.2 Å². The van der Waals surface area contributed by atoms with Crippen molar-refractivity contribution in [1.82, 2.24) is 14.6 Å². The van der Waals surface area contributed by atoms with Crippen LogP contribution in [0.3, 0.4) is 0 Å². The largest absolute Gasteiger partial charge is 0.494 e. The van der Waals surface area contributed by atoms with Crippen LogP contribution in [0.1, 0.15) is 19.8 Å². The Bertz CT molecular complexity index is 922. The molecule has 140 valence electrons. The number of hydrogen-bond acceptors (Lipinski definition) is 5. The van der Waals surface area contributed by atoms with Gasteiger partial charge in [-0.15, -0.1) is 10.2 Å². The van der Waals surface area contributed by atoms with Crippen molar-refractivity contribution in [2.24, 2.45) is 5.92 Å². The average Bonchev–Trinajstić information content (AvgIpc) is 3.14. The van der Waals surface area contributed by atoms with Gasteiger partial charge < -0.3 is 15.0 Å². The van der Waals surface area contributed by atoms with Crippen LogP contribution in [-0.2, 0) is 4.79 Å². The molecule has 3 aromatic rings. The molecule has 1 N–H and O–H groups in total. The van der Waals surface area contributed by atoms with Gasteiger partial charge in [0, 0.05) is 25.0 Å². The van der Waals surface area contributed by atoms with Gasteiger partial charge in [-0.25, -0.2) is 0 Å². The van der Waals surface area contributed by atoms with Crippen LogP contribution in [0.5, 0.6) is 5.75 Å². The van der Waals surface area contributed by atoms with E-state index in [0.717, 1.165) is 42.4 Å². The number of pyridine rings is 1. The molecular weight excluding hydrogens is 342 g/mol. The summed E-state index contributed by atoms with van der Waals surface area (Å²) < 4.78 is 7.40. The molecule has 0 unspecified atom stereocenters. The molecule has 1 atom stereocenters. The fraction of sp³-hybridized carbons (Fsp3) is 0.350. The Kier molecular flexibility index (Phi) is 4.91. The minimum absolute atomic E-state index is 0.0395. The Balaban J connectivity index is 1.43. The van der Waals surface area contributed by atoms with Crippen LogP contribution in [0.25, 0.3) is 5.65 Å². The standard InChI is InChI=1S/C20H23N5O2/c1-2-27-17-10-8-16(9-11-17)21-19(26)15-6-5-12-24(14-15)20-23-22-18-7-3-4-13-25(18)20/h3-4,7-11,13,15H,2,5-6,12,14H2,1H3,(H,21,26)/t15-/m1/s1. The van der Waals surface area contributed by atoms with Crippen molar-refractivity contribution in [2.75, 3.05) is 29.9 Å². The van der Waals surface area contributed by atoms with E-state index in [1.54, 1.807) is 0 Å². The molecule has 0 saturated carbocycles. The van der Waals surface area contributed by atoms with Gasteiger partial charge in [0.1, 0.15) is 5.75 Å². The summed E-state index contributed by atoms with van der Waals surface area (Å²) in [7, 11) is 0. The molecule has 1 saturated heterocycles. The molecule has 27 heavy (non-hydrogen) atoms. The number of fused-ring (bicyclic) bond motifs is 1. The number of nitrogens with one attached hydrogen (secondary N) is 1. The lowest BCUT2D eigenvalue weighted by molar-refractivity contribution is -0.120. The van der Waals surface area contributed by atoms with Gasteiger partial charge in [0.15, 0.2) is 5.65 Å². The van der Waals surface area contributed by atoms with E-state index in [2.05, 4.69) is 20.4 Å². The molecule has 1 fully saturated rings. The zero-order valence-corrected chi connectivity index (χ0v) is 15.3. The first kappa shape index (κ1) is 17.3. The van der Waals surface area contributed by atoms with Crippen LogP contribution in [-0.4, -0.2) is 40.2 Å². The van der Waals surface area contributed by atoms with Gasteiger partial charge in [-0.1, -0.05) is 6.07 Å². The molecule has 1 aromatic carbocycles. The second-order valence-electron chi connectivity index (χ2n) is 6.66. The number of aromatic nitrogens is 3. The number of nitrogens with zero attached hydrogens (tertiary/aromatic N) is 4. The number of hydrogen-bond donors (Lipinski definition) is 1. The molecule has 0 aliphatic carbocycles. The summed E-state index contributed by atoms with van der Waals surface area (Å²) in [5.41, 5.74) is 1.60. The summed E-state index contributed by atoms with van der Waals surface area (Å²) in [6, 6.07) is 13.3. The molecule has 0 radical (unpaired) electrons. The Hall–Kier alpha value is -3.09. The third-order valence-electron chi connectivity index (χ3n) is 4.80. The molecule has 3 heterocycles. The summed E-state index contributed by atoms with van der Waals surface area (Å²) in [5.74, 6) is 1.56. The number of rotatable bonds is 5. The summed E-state index contributed by atoms with van der Waals surface area (Å²) in [4.78, 5) is 14.9. The highest BCUT2D eigenvalue weighted by Gasteiger charge is 2.28. The SMILES string of the molecule is CCOc1ccc(NC(=O)[C@@H]2CCCN(c3nnc4ccccn34)C2)cc1. The van der Waals surface area contributed by atoms with Crippen molar-refractivity contribution in [2.45, 2.75) is 19.8 Å². The first-order chi connectivity index (χ1) is 13.2. The van der Waals surface area contributed by atoms with Crippen LogP contribution in [0.15, 0.2) is 48.7 Å². The number of anilines is 2. The minimum Gasteiger partial charge on any atom is -0.494 e. The number of carbonyl (C=O) groups is 1. The lowest BCUT2D eigenvalue weighted by Crippen LogP contribution is -2.41. The monoisotopic (exact) mass is 365 g/mol. The predicted octanol–water partition coefficient (Wildman–Crippen LogP) is 2.98. The van der Waals surface area contributed by atoms with Crippen LogP contribution in [0, 0.1) is 5.92 Å². The van der Waals surface area contributed by atoms with Gasteiger partial charge in [-0.05, 0) is 56.2 Å². The van der Waals surface area contributed by atoms with Crippen LogP contribution in [0.2, 0.25) is 0 Å². The van der Waals surface area contributed by atoms with E-state index in [4.69, 9.17) is 4.74 Å². The number of ether oxygens (including phenoxy) is 1. The normalized spacial score (nSPS) is 17.1. The van der Waals surface area contributed by atoms with E-state index < -0.39 is 0 Å². The van der Waals surface area contributed by atoms with Crippen molar-refractivity contribution in [3.8, 4) is 5.75 Å². The molecule has 1 aliphatic heterocycles. The maximum absolute atomic E-state index is 12.7. The molecule has 1 amide bonds. The van der Waals surface area contributed by atoms with Gasteiger partial charge >= 0.3 is 0 Å². The lowest BCUT2D eigenvalue weighted by atomic mass is 9.97. The fourth-order valence-corrected chi connectivity index (χ4v) is 3.46. The number of amides is 1. The number of piperidine rings is 1. The smallest absolute Gasteiger partial charge is 0.231 e. The summed E-state index contributed by atoms with van der Waals surface area (Å²) in [5, 5.41) is 11.6. The lowest BCUT2D eigenvalue weighted by Gasteiger charge is -2.32. The zero-order chi connectivity index (χ0) is 18.6. The van der Waals surface area contributed by atoms with Gasteiger partial charge in [-0.2, -0.15) is 0 Å². The molecule has 7 nitrogen and oxygen atoms in total. The molecule has 7 heteroatoms. The highest BCUT2D eigenvalue weighted by atomic mass is 16.5. The first-order valence-corrected chi connectivity index (χ1v) is 9.33. The van der Waals surface area contributed by atoms with Crippen LogP contribution >= 0.6 is 0 Å². The van der Waals surface area contributed by atoms with E-state index in [1.807, 2.05) is 60.0 Å². The van der Waals surface area contributed by atoms with Gasteiger partial charge in [0.25, 0.3) is 0 Å². The van der Waals surface area contributed by atoms with Crippen LogP contribution < -0.4 is 15.0 Å². The molecular formula is C20H23N5O2. The van der Waals surface area contributed by atoms with Crippen LogP contribution in [0.4, 0.5) is 11.6 Å². The fourth-order valence-electron chi connectivity index (χ4n) is 3.46. The van der Waals surface area contributed by atoms with E-state index >= 15 is 0 Å². The quantitative estimate of drug-likeness (QED) is 0.753. The Morgan fingerprint density at radius 2 is 2.07 bits per heavy atom. The second kappa shape index (κ2) is 7.65. The van der Waals surface area contributed by atoms with E-state index in [-0.39, 0.29) is 11.8 Å². The van der Waals surface area contributed by atoms with E-state index in [9.17, 15) is 4.79 Å². The highest BCUT2D eigenvalue weighted by molar-refractivity contribution is 5.93. The summed E-state index contributed by atoms with van der Waals surface area (Å²) >= 11 is 0. The Labute approximate surface area is 158 Å². The molecule has 2 aromatic heterocycles. The summed E-state index contributed by atoms with van der Waals surface area (Å²) in [6.45, 7) is 4.09. The predicted molar refractivity (Wildman–Crippen MR) is 104 cm³/mol. The van der Waals surface area contributed by atoms with Crippen molar-refractivity contribution < 1.29 is 9.53 Å². The zero-order valence-electron chi connectivity index (χ0n) is 15.3. The minimum atomic E-state index is -0.0821. The highest BCUT2D eigenvalue weighted by Crippen LogP contribution is 2.24. The van der Waals surface area contributed by atoms with Crippen molar-refractivity contribution in [3.63, 3.8) is 0 Å². The van der Waals surface area contributed by atoms with Gasteiger partial charge in [-0.3, -0.25) is 9.20 Å². The Morgan fingerprint density at radius 3 is 2.89 bits per heavy atom. The topological polar surface area (TPSA) is 71.8 Å². The average molecular weight is 365 g/mol. The summed E-state index contributed by atoms with van der Waals surface area (Å²) in [6.07, 6.45) is 3.77. The molecule has 1 aliphatic rings. The van der Waals surface area contributed by atoms with Gasteiger partial charge in [0.05, 0.1) is 12.5 Å². The van der Waals surface area contributed by atoms with Gasteiger partial charge in [0.2, 0.25) is 11.9 Å².